The van der Waals surface area contributed by atoms with E-state index in [2.05, 4.69) is 20.8 Å². The minimum atomic E-state index is -0.0812. The lowest BCUT2D eigenvalue weighted by Crippen LogP contribution is -2.15. The van der Waals surface area contributed by atoms with Crippen LogP contribution in [0.1, 0.15) is 5.82 Å². The highest BCUT2D eigenvalue weighted by Crippen LogP contribution is 2.24. The number of hydrogen-bond acceptors (Lipinski definition) is 6. The zero-order valence-corrected chi connectivity index (χ0v) is 18.1. The summed E-state index contributed by atoms with van der Waals surface area (Å²) in [4.78, 5) is 12.5. The van der Waals surface area contributed by atoms with Crippen molar-refractivity contribution < 1.29 is 9.53 Å². The average Bonchev–Trinajstić information content (AvgIpc) is 3.16. The third-order valence-corrected chi connectivity index (χ3v) is 5.88. The van der Waals surface area contributed by atoms with Gasteiger partial charge in [-0.05, 0) is 35.7 Å². The molecular weight excluding hydrogens is 410 g/mol. The summed E-state index contributed by atoms with van der Waals surface area (Å²) < 4.78 is 7.06. The van der Waals surface area contributed by atoms with Gasteiger partial charge in [0.1, 0.15) is 5.75 Å². The molecule has 1 aromatic heterocycles. The quantitative estimate of drug-likeness (QED) is 0.403. The highest BCUT2D eigenvalue weighted by atomic mass is 32.2. The molecule has 8 heteroatoms. The Morgan fingerprint density at radius 1 is 1.03 bits per heavy atom. The molecule has 31 heavy (non-hydrogen) atoms. The number of anilines is 2. The number of aromatic nitrogens is 3. The smallest absolute Gasteiger partial charge is 0.234 e. The fraction of sp³-hybridized carbons (Fsp3) is 0.174. The Morgan fingerprint density at radius 3 is 2.61 bits per heavy atom. The monoisotopic (exact) mass is 433 g/mol. The first-order valence-electron chi connectivity index (χ1n) is 9.80. The maximum atomic E-state index is 12.5. The SMILES string of the molecule is COc1ccc(NCc2nnc(SCC(=O)Nc3cccc4ccccc34)n2C)cc1. The van der Waals surface area contributed by atoms with Crippen LogP contribution >= 0.6 is 11.8 Å². The van der Waals surface area contributed by atoms with Gasteiger partial charge in [0.15, 0.2) is 11.0 Å². The Bertz CT molecular complexity index is 1190. The predicted octanol–water partition coefficient (Wildman–Crippen LogP) is 4.32. The highest BCUT2D eigenvalue weighted by molar-refractivity contribution is 7.99. The van der Waals surface area contributed by atoms with Crippen molar-refractivity contribution in [2.24, 2.45) is 7.05 Å². The molecule has 4 rings (SSSR count). The van der Waals surface area contributed by atoms with Crippen molar-refractivity contribution in [3.8, 4) is 5.75 Å². The van der Waals surface area contributed by atoms with E-state index in [0.29, 0.717) is 11.7 Å². The van der Waals surface area contributed by atoms with Crippen LogP contribution in [0.2, 0.25) is 0 Å². The Morgan fingerprint density at radius 2 is 1.81 bits per heavy atom. The standard InChI is InChI=1S/C23H23N5O2S/c1-28-21(14-24-17-10-12-18(30-2)13-11-17)26-27-23(28)31-15-22(29)25-20-9-5-7-16-6-3-4-8-19(16)20/h3-13,24H,14-15H2,1-2H3,(H,25,29). The molecule has 0 fully saturated rings. The van der Waals surface area contributed by atoms with E-state index < -0.39 is 0 Å². The second-order valence-corrected chi connectivity index (χ2v) is 7.85. The summed E-state index contributed by atoms with van der Waals surface area (Å²) in [6, 6.07) is 21.6. The molecular formula is C23H23N5O2S. The van der Waals surface area contributed by atoms with Crippen molar-refractivity contribution in [3.63, 3.8) is 0 Å². The van der Waals surface area contributed by atoms with Crippen LogP contribution < -0.4 is 15.4 Å². The van der Waals surface area contributed by atoms with E-state index >= 15 is 0 Å². The van der Waals surface area contributed by atoms with E-state index in [-0.39, 0.29) is 11.7 Å². The van der Waals surface area contributed by atoms with Gasteiger partial charge in [0, 0.05) is 23.8 Å². The lowest BCUT2D eigenvalue weighted by atomic mass is 10.1. The lowest BCUT2D eigenvalue weighted by molar-refractivity contribution is -0.113. The van der Waals surface area contributed by atoms with Crippen LogP contribution in [0.4, 0.5) is 11.4 Å². The minimum absolute atomic E-state index is 0.0812. The number of rotatable bonds is 8. The van der Waals surface area contributed by atoms with Crippen molar-refractivity contribution in [2.75, 3.05) is 23.5 Å². The predicted molar refractivity (Wildman–Crippen MR) is 125 cm³/mol. The van der Waals surface area contributed by atoms with E-state index in [1.165, 1.54) is 11.8 Å². The van der Waals surface area contributed by atoms with Gasteiger partial charge < -0.3 is 19.9 Å². The number of amides is 1. The average molecular weight is 434 g/mol. The Balaban J connectivity index is 1.33. The molecule has 0 aliphatic heterocycles. The van der Waals surface area contributed by atoms with Crippen molar-refractivity contribution >= 4 is 39.8 Å². The molecule has 158 valence electrons. The highest BCUT2D eigenvalue weighted by Gasteiger charge is 2.12. The van der Waals surface area contributed by atoms with Gasteiger partial charge in [-0.25, -0.2) is 0 Å². The summed E-state index contributed by atoms with van der Waals surface area (Å²) in [5.74, 6) is 1.76. The van der Waals surface area contributed by atoms with E-state index in [1.54, 1.807) is 7.11 Å². The number of nitrogens with zero attached hydrogens (tertiary/aromatic N) is 3. The number of hydrogen-bond donors (Lipinski definition) is 2. The first-order valence-corrected chi connectivity index (χ1v) is 10.8. The molecule has 0 unspecified atom stereocenters. The van der Waals surface area contributed by atoms with Crippen molar-refractivity contribution in [1.29, 1.82) is 0 Å². The fourth-order valence-corrected chi connectivity index (χ4v) is 3.90. The largest absolute Gasteiger partial charge is 0.497 e. The minimum Gasteiger partial charge on any atom is -0.497 e. The van der Waals surface area contributed by atoms with E-state index in [0.717, 1.165) is 33.7 Å². The molecule has 3 aromatic carbocycles. The maximum absolute atomic E-state index is 12.5. The molecule has 0 atom stereocenters. The number of ether oxygens (including phenoxy) is 1. The topological polar surface area (TPSA) is 81.1 Å². The molecule has 0 saturated carbocycles. The molecule has 1 heterocycles. The van der Waals surface area contributed by atoms with Gasteiger partial charge in [-0.1, -0.05) is 48.2 Å². The molecule has 1 amide bonds. The Labute approximate surface area is 184 Å². The molecule has 0 radical (unpaired) electrons. The van der Waals surface area contributed by atoms with E-state index in [1.807, 2.05) is 78.3 Å². The van der Waals surface area contributed by atoms with Crippen LogP contribution in [0.15, 0.2) is 71.9 Å². The number of carbonyl (C=O) groups is 1. The molecule has 0 aliphatic carbocycles. The number of benzene rings is 3. The van der Waals surface area contributed by atoms with Crippen LogP contribution in [0.5, 0.6) is 5.75 Å². The molecule has 4 aromatic rings. The van der Waals surface area contributed by atoms with Gasteiger partial charge in [-0.15, -0.1) is 10.2 Å². The van der Waals surface area contributed by atoms with Gasteiger partial charge in [0.25, 0.3) is 0 Å². The number of carbonyl (C=O) groups excluding carboxylic acids is 1. The Kier molecular flexibility index (Phi) is 6.37. The van der Waals surface area contributed by atoms with Crippen molar-refractivity contribution in [1.82, 2.24) is 14.8 Å². The summed E-state index contributed by atoms with van der Waals surface area (Å²) >= 11 is 1.36. The second-order valence-electron chi connectivity index (χ2n) is 6.90. The molecule has 2 N–H and O–H groups in total. The van der Waals surface area contributed by atoms with E-state index in [9.17, 15) is 4.79 Å². The summed E-state index contributed by atoms with van der Waals surface area (Å²) in [5, 5.41) is 17.6. The van der Waals surface area contributed by atoms with Crippen LogP contribution in [-0.2, 0) is 18.4 Å². The zero-order valence-electron chi connectivity index (χ0n) is 17.3. The van der Waals surface area contributed by atoms with Gasteiger partial charge >= 0.3 is 0 Å². The molecule has 0 bridgehead atoms. The van der Waals surface area contributed by atoms with Crippen LogP contribution in [-0.4, -0.2) is 33.5 Å². The zero-order chi connectivity index (χ0) is 21.6. The van der Waals surface area contributed by atoms with Gasteiger partial charge in [-0.2, -0.15) is 0 Å². The second kappa shape index (κ2) is 9.53. The number of thioether (sulfide) groups is 1. The number of fused-ring (bicyclic) bond motifs is 1. The van der Waals surface area contributed by atoms with Crippen molar-refractivity contribution in [3.05, 3.63) is 72.6 Å². The van der Waals surface area contributed by atoms with E-state index in [4.69, 9.17) is 4.74 Å². The van der Waals surface area contributed by atoms with Gasteiger partial charge in [0.05, 0.1) is 19.4 Å². The van der Waals surface area contributed by atoms with Crippen molar-refractivity contribution in [2.45, 2.75) is 11.7 Å². The fourth-order valence-electron chi connectivity index (χ4n) is 3.17. The molecule has 0 saturated heterocycles. The first-order chi connectivity index (χ1) is 15.1. The van der Waals surface area contributed by atoms with Crippen LogP contribution in [0, 0.1) is 0 Å². The lowest BCUT2D eigenvalue weighted by Gasteiger charge is -2.09. The molecule has 0 spiro atoms. The summed E-state index contributed by atoms with van der Waals surface area (Å²) in [5.41, 5.74) is 1.78. The van der Waals surface area contributed by atoms with Gasteiger partial charge in [-0.3, -0.25) is 4.79 Å². The third-order valence-electron chi connectivity index (χ3n) is 4.86. The Hall–Kier alpha value is -3.52. The third kappa shape index (κ3) is 4.97. The summed E-state index contributed by atoms with van der Waals surface area (Å²) in [6.45, 7) is 0.526. The van der Waals surface area contributed by atoms with Gasteiger partial charge in [0.2, 0.25) is 5.91 Å². The summed E-state index contributed by atoms with van der Waals surface area (Å²) in [6.07, 6.45) is 0. The molecule has 0 aliphatic rings. The van der Waals surface area contributed by atoms with Crippen LogP contribution in [0.3, 0.4) is 0 Å². The van der Waals surface area contributed by atoms with Crippen LogP contribution in [0.25, 0.3) is 10.8 Å². The number of nitrogens with one attached hydrogen (secondary N) is 2. The molecule has 7 nitrogen and oxygen atoms in total. The normalized spacial score (nSPS) is 10.8. The number of methoxy groups -OCH3 is 1. The maximum Gasteiger partial charge on any atom is 0.234 e. The first kappa shape index (κ1) is 20.7. The summed E-state index contributed by atoms with van der Waals surface area (Å²) in [7, 11) is 3.54.